The summed E-state index contributed by atoms with van der Waals surface area (Å²) in [5.74, 6) is 0.778. The maximum absolute atomic E-state index is 5.98. The van der Waals surface area contributed by atoms with E-state index in [4.69, 9.17) is 11.5 Å². The average molecular weight is 266 g/mol. The molecule has 0 unspecified atom stereocenters. The number of benzene rings is 2. The molecule has 1 heterocycles. The molecule has 20 heavy (non-hydrogen) atoms. The van der Waals surface area contributed by atoms with Crippen LogP contribution in [0.2, 0.25) is 0 Å². The van der Waals surface area contributed by atoms with Gasteiger partial charge in [-0.05, 0) is 22.7 Å². The van der Waals surface area contributed by atoms with Crippen molar-refractivity contribution >= 4 is 11.9 Å². The summed E-state index contributed by atoms with van der Waals surface area (Å²) in [4.78, 5) is 4.17. The van der Waals surface area contributed by atoms with Gasteiger partial charge in [0.1, 0.15) is 6.54 Å². The quantitative estimate of drug-likeness (QED) is 0.703. The number of aromatic nitrogens is 3. The maximum atomic E-state index is 5.98. The topological polar surface area (TPSA) is 73.7 Å². The summed E-state index contributed by atoms with van der Waals surface area (Å²) in [6.07, 6.45) is 0. The molecule has 5 heteroatoms. The number of nitrogens with zero attached hydrogens (tertiary/aromatic N) is 3. The van der Waals surface area contributed by atoms with Gasteiger partial charge in [-0.3, -0.25) is 5.73 Å². The van der Waals surface area contributed by atoms with Gasteiger partial charge in [0.05, 0.1) is 5.69 Å². The first-order valence-corrected chi connectivity index (χ1v) is 6.39. The fourth-order valence-corrected chi connectivity index (χ4v) is 2.20. The predicted molar refractivity (Wildman–Crippen MR) is 78.1 cm³/mol. The first-order valence-electron chi connectivity index (χ1n) is 6.39. The molecule has 0 atom stereocenters. The van der Waals surface area contributed by atoms with Crippen LogP contribution in [0.25, 0.3) is 5.69 Å². The average Bonchev–Trinajstić information content (AvgIpc) is 2.75. The second kappa shape index (κ2) is 5.05. The van der Waals surface area contributed by atoms with Gasteiger partial charge in [0.25, 0.3) is 0 Å². The van der Waals surface area contributed by atoms with Crippen LogP contribution < -0.4 is 16.1 Å². The Balaban J connectivity index is 2.07. The van der Waals surface area contributed by atoms with Crippen LogP contribution in [0.4, 0.5) is 11.9 Å². The van der Waals surface area contributed by atoms with Crippen molar-refractivity contribution in [3.8, 4) is 5.69 Å². The highest BCUT2D eigenvalue weighted by molar-refractivity contribution is 5.37. The minimum Gasteiger partial charge on any atom is -0.353 e. The van der Waals surface area contributed by atoms with Crippen LogP contribution in [0, 0.1) is 0 Å². The monoisotopic (exact) mass is 266 g/mol. The number of para-hydroxylation sites is 1. The smallest absolute Gasteiger partial charge is 0.353 e. The van der Waals surface area contributed by atoms with Gasteiger partial charge in [-0.1, -0.05) is 48.5 Å². The van der Waals surface area contributed by atoms with Gasteiger partial charge in [0, 0.05) is 0 Å². The summed E-state index contributed by atoms with van der Waals surface area (Å²) in [6.45, 7) is 0.617. The largest absolute Gasteiger partial charge is 0.411 e. The summed E-state index contributed by atoms with van der Waals surface area (Å²) in [5.41, 5.74) is 14.0. The Morgan fingerprint density at radius 3 is 2.15 bits per heavy atom. The molecule has 0 fully saturated rings. The molecule has 2 aromatic carbocycles. The van der Waals surface area contributed by atoms with E-state index in [-0.39, 0.29) is 0 Å². The zero-order valence-electron chi connectivity index (χ0n) is 11.0. The molecule has 0 radical (unpaired) electrons. The van der Waals surface area contributed by atoms with Crippen molar-refractivity contribution in [2.45, 2.75) is 6.54 Å². The molecule has 0 aliphatic rings. The van der Waals surface area contributed by atoms with Gasteiger partial charge in [-0.25, -0.2) is 0 Å². The van der Waals surface area contributed by atoms with Crippen molar-refractivity contribution in [1.29, 1.82) is 0 Å². The standard InChI is InChI=1S/C15H15N5/c16-14-18-15(17)20(13-9-5-2-6-10-13)19(14)11-12-7-3-1-4-8-12/h1-10H,11H2,(H3,16,17,18)/p+1. The maximum Gasteiger partial charge on any atom is 0.411 e. The number of nitrogens with two attached hydrogens (primary N) is 2. The zero-order chi connectivity index (χ0) is 13.9. The fraction of sp³-hybridized carbons (Fsp3) is 0.0667. The molecule has 0 aliphatic heterocycles. The lowest BCUT2D eigenvalue weighted by atomic mass is 10.2. The fourth-order valence-electron chi connectivity index (χ4n) is 2.20. The molecule has 0 aliphatic carbocycles. The van der Waals surface area contributed by atoms with Crippen LogP contribution in [-0.2, 0) is 6.54 Å². The Morgan fingerprint density at radius 2 is 1.50 bits per heavy atom. The highest BCUT2D eigenvalue weighted by Crippen LogP contribution is 2.11. The minimum absolute atomic E-state index is 0.379. The highest BCUT2D eigenvalue weighted by atomic mass is 15.5. The molecule has 0 amide bonds. The Labute approximate surface area is 117 Å². The first kappa shape index (κ1) is 12.2. The molecule has 0 saturated carbocycles. The molecular weight excluding hydrogens is 250 g/mol. The van der Waals surface area contributed by atoms with E-state index < -0.39 is 0 Å². The Bertz CT molecular complexity index is 704. The van der Waals surface area contributed by atoms with Crippen LogP contribution in [0.1, 0.15) is 5.56 Å². The van der Waals surface area contributed by atoms with Crippen molar-refractivity contribution in [3.63, 3.8) is 0 Å². The second-order valence-corrected chi connectivity index (χ2v) is 4.52. The lowest BCUT2D eigenvalue weighted by Crippen LogP contribution is -2.45. The van der Waals surface area contributed by atoms with Crippen molar-refractivity contribution in [3.05, 3.63) is 66.2 Å². The van der Waals surface area contributed by atoms with E-state index in [0.717, 1.165) is 11.3 Å². The van der Waals surface area contributed by atoms with Crippen molar-refractivity contribution in [1.82, 2.24) is 9.67 Å². The SMILES string of the molecule is Nc1nc(N)[n+](Cc2ccccc2)n1-c1ccccc1. The summed E-state index contributed by atoms with van der Waals surface area (Å²) < 4.78 is 3.68. The van der Waals surface area contributed by atoms with E-state index in [1.807, 2.05) is 70.0 Å². The summed E-state index contributed by atoms with van der Waals surface area (Å²) >= 11 is 0. The lowest BCUT2D eigenvalue weighted by molar-refractivity contribution is -0.746. The number of hydrogen-bond donors (Lipinski definition) is 2. The Kier molecular flexibility index (Phi) is 3.09. The van der Waals surface area contributed by atoms with E-state index in [1.165, 1.54) is 0 Å². The van der Waals surface area contributed by atoms with Gasteiger partial charge in [0.2, 0.25) is 0 Å². The third-order valence-electron chi connectivity index (χ3n) is 3.13. The van der Waals surface area contributed by atoms with Gasteiger partial charge >= 0.3 is 11.9 Å². The second-order valence-electron chi connectivity index (χ2n) is 4.52. The zero-order valence-corrected chi connectivity index (χ0v) is 11.0. The lowest BCUT2D eigenvalue weighted by Gasteiger charge is -2.08. The number of rotatable bonds is 3. The van der Waals surface area contributed by atoms with E-state index in [1.54, 1.807) is 0 Å². The van der Waals surface area contributed by atoms with Crippen LogP contribution in [0.3, 0.4) is 0 Å². The van der Waals surface area contributed by atoms with E-state index in [2.05, 4.69) is 4.98 Å². The molecule has 3 rings (SSSR count). The van der Waals surface area contributed by atoms with Crippen LogP contribution in [0.15, 0.2) is 60.7 Å². The normalized spacial score (nSPS) is 10.6. The third kappa shape index (κ3) is 2.21. The van der Waals surface area contributed by atoms with Gasteiger partial charge in [-0.2, -0.15) is 4.68 Å². The molecule has 0 bridgehead atoms. The molecule has 3 aromatic rings. The van der Waals surface area contributed by atoms with Gasteiger partial charge in [0.15, 0.2) is 0 Å². The minimum atomic E-state index is 0.379. The van der Waals surface area contributed by atoms with Crippen molar-refractivity contribution in [2.24, 2.45) is 0 Å². The molecule has 0 saturated heterocycles. The molecule has 5 nitrogen and oxygen atoms in total. The molecule has 1 aromatic heterocycles. The predicted octanol–water partition coefficient (Wildman–Crippen LogP) is 1.37. The summed E-state index contributed by atoms with van der Waals surface area (Å²) in [7, 11) is 0. The van der Waals surface area contributed by atoms with Gasteiger partial charge < -0.3 is 5.73 Å². The van der Waals surface area contributed by atoms with E-state index in [9.17, 15) is 0 Å². The first-order chi connectivity index (χ1) is 9.75. The highest BCUT2D eigenvalue weighted by Gasteiger charge is 2.20. The van der Waals surface area contributed by atoms with Crippen molar-refractivity contribution < 1.29 is 4.68 Å². The van der Waals surface area contributed by atoms with Crippen molar-refractivity contribution in [2.75, 3.05) is 11.5 Å². The molecule has 0 spiro atoms. The number of hydrogen-bond acceptors (Lipinski definition) is 3. The molecular formula is C15H16N5+. The molecule has 100 valence electrons. The Hall–Kier alpha value is -2.82. The number of nitrogen functional groups attached to an aromatic ring is 2. The van der Waals surface area contributed by atoms with Crippen LogP contribution in [-0.4, -0.2) is 9.67 Å². The molecule has 4 N–H and O–H groups in total. The van der Waals surface area contributed by atoms with E-state index >= 15 is 0 Å². The summed E-state index contributed by atoms with van der Waals surface area (Å²) in [6, 6.07) is 19.9. The van der Waals surface area contributed by atoms with E-state index in [0.29, 0.717) is 18.4 Å². The van der Waals surface area contributed by atoms with Gasteiger partial charge in [-0.15, -0.1) is 4.68 Å². The Morgan fingerprint density at radius 1 is 0.900 bits per heavy atom. The number of anilines is 2. The summed E-state index contributed by atoms with van der Waals surface area (Å²) in [5, 5.41) is 0. The van der Waals surface area contributed by atoms with Crippen LogP contribution in [0.5, 0.6) is 0 Å². The van der Waals surface area contributed by atoms with Crippen LogP contribution >= 0.6 is 0 Å². The third-order valence-corrected chi connectivity index (χ3v) is 3.13.